The summed E-state index contributed by atoms with van der Waals surface area (Å²) in [4.78, 5) is 21.4. The molecule has 2 aromatic heterocycles. The molecule has 0 radical (unpaired) electrons. The van der Waals surface area contributed by atoms with E-state index in [9.17, 15) is 4.79 Å². The zero-order valence-electron chi connectivity index (χ0n) is 7.27. The molecular weight excluding hydrogens is 180 g/mol. The molecule has 70 valence electrons. The molecule has 0 atom stereocenters. The van der Waals surface area contributed by atoms with Crippen molar-refractivity contribution < 1.29 is 4.79 Å². The molecule has 2 heterocycles. The van der Waals surface area contributed by atoms with Crippen LogP contribution in [0.1, 0.15) is 10.6 Å². The number of aromatic amines is 1. The lowest BCUT2D eigenvalue weighted by Gasteiger charge is -1.92. The molecule has 2 rings (SSSR count). The van der Waals surface area contributed by atoms with Crippen LogP contribution >= 0.6 is 0 Å². The van der Waals surface area contributed by atoms with Crippen LogP contribution in [-0.2, 0) is 0 Å². The SMILES string of the molecule is NC(=O)c1nc(-c2cccnc2)c[nH]1. The van der Waals surface area contributed by atoms with Crippen molar-refractivity contribution in [2.45, 2.75) is 0 Å². The van der Waals surface area contributed by atoms with Gasteiger partial charge >= 0.3 is 0 Å². The molecule has 0 aromatic carbocycles. The molecule has 3 N–H and O–H groups in total. The van der Waals surface area contributed by atoms with Crippen LogP contribution in [0.5, 0.6) is 0 Å². The fraction of sp³-hybridized carbons (Fsp3) is 0. The number of primary amides is 1. The number of imidazole rings is 1. The number of amides is 1. The van der Waals surface area contributed by atoms with Crippen LogP contribution in [0.2, 0.25) is 0 Å². The Kier molecular flexibility index (Phi) is 1.98. The van der Waals surface area contributed by atoms with E-state index in [1.807, 2.05) is 6.07 Å². The lowest BCUT2D eigenvalue weighted by molar-refractivity contribution is 0.0991. The van der Waals surface area contributed by atoms with Crippen molar-refractivity contribution in [2.24, 2.45) is 5.73 Å². The minimum atomic E-state index is -0.569. The van der Waals surface area contributed by atoms with Crippen molar-refractivity contribution in [3.05, 3.63) is 36.5 Å². The van der Waals surface area contributed by atoms with Gasteiger partial charge in [0.1, 0.15) is 0 Å². The number of nitrogens with zero attached hydrogens (tertiary/aromatic N) is 2. The Morgan fingerprint density at radius 3 is 2.93 bits per heavy atom. The summed E-state index contributed by atoms with van der Waals surface area (Å²) < 4.78 is 0. The number of aromatic nitrogens is 3. The van der Waals surface area contributed by atoms with Crippen LogP contribution in [-0.4, -0.2) is 20.9 Å². The summed E-state index contributed by atoms with van der Waals surface area (Å²) in [5.41, 5.74) is 6.56. The Hall–Kier alpha value is -2.17. The molecule has 1 amide bonds. The summed E-state index contributed by atoms with van der Waals surface area (Å²) in [5, 5.41) is 0. The summed E-state index contributed by atoms with van der Waals surface area (Å²) >= 11 is 0. The fourth-order valence-electron chi connectivity index (χ4n) is 1.11. The number of carbonyl (C=O) groups is 1. The van der Waals surface area contributed by atoms with E-state index >= 15 is 0 Å². The summed E-state index contributed by atoms with van der Waals surface area (Å²) in [6, 6.07) is 3.65. The Morgan fingerprint density at radius 1 is 1.50 bits per heavy atom. The second kappa shape index (κ2) is 3.29. The van der Waals surface area contributed by atoms with Crippen molar-refractivity contribution in [1.29, 1.82) is 0 Å². The molecule has 0 fully saturated rings. The van der Waals surface area contributed by atoms with Crippen LogP contribution in [0.25, 0.3) is 11.3 Å². The van der Waals surface area contributed by atoms with Gasteiger partial charge in [-0.15, -0.1) is 0 Å². The molecule has 0 aliphatic rings. The average Bonchev–Trinajstić information content (AvgIpc) is 2.68. The number of hydrogen-bond acceptors (Lipinski definition) is 3. The van der Waals surface area contributed by atoms with Gasteiger partial charge in [-0.3, -0.25) is 9.78 Å². The second-order valence-electron chi connectivity index (χ2n) is 2.74. The molecule has 0 unspecified atom stereocenters. The van der Waals surface area contributed by atoms with Crippen molar-refractivity contribution in [1.82, 2.24) is 15.0 Å². The van der Waals surface area contributed by atoms with Crippen LogP contribution < -0.4 is 5.73 Å². The zero-order valence-corrected chi connectivity index (χ0v) is 7.27. The molecule has 14 heavy (non-hydrogen) atoms. The van der Waals surface area contributed by atoms with Gasteiger partial charge in [0.15, 0.2) is 5.82 Å². The zero-order chi connectivity index (χ0) is 9.97. The molecular formula is C9H8N4O. The number of nitrogens with two attached hydrogens (primary N) is 1. The third-order valence-corrected chi connectivity index (χ3v) is 1.77. The van der Waals surface area contributed by atoms with E-state index in [-0.39, 0.29) is 5.82 Å². The summed E-state index contributed by atoms with van der Waals surface area (Å²) in [7, 11) is 0. The second-order valence-corrected chi connectivity index (χ2v) is 2.74. The highest BCUT2D eigenvalue weighted by Crippen LogP contribution is 2.14. The number of rotatable bonds is 2. The smallest absolute Gasteiger partial charge is 0.284 e. The minimum absolute atomic E-state index is 0.156. The number of carbonyl (C=O) groups excluding carboxylic acids is 1. The summed E-state index contributed by atoms with van der Waals surface area (Å²) in [6.45, 7) is 0. The molecule has 0 spiro atoms. The van der Waals surface area contributed by atoms with E-state index in [1.54, 1.807) is 24.7 Å². The Morgan fingerprint density at radius 2 is 2.36 bits per heavy atom. The fourth-order valence-corrected chi connectivity index (χ4v) is 1.11. The number of H-pyrrole nitrogens is 1. The maximum Gasteiger partial charge on any atom is 0.284 e. The first-order chi connectivity index (χ1) is 6.77. The minimum Gasteiger partial charge on any atom is -0.363 e. The van der Waals surface area contributed by atoms with Crippen LogP contribution in [0.15, 0.2) is 30.7 Å². The average molecular weight is 188 g/mol. The first kappa shape index (κ1) is 8.43. The monoisotopic (exact) mass is 188 g/mol. The first-order valence-corrected chi connectivity index (χ1v) is 4.03. The van der Waals surface area contributed by atoms with E-state index in [4.69, 9.17) is 5.73 Å². The molecule has 0 saturated heterocycles. The van der Waals surface area contributed by atoms with Crippen molar-refractivity contribution in [3.8, 4) is 11.3 Å². The normalized spacial score (nSPS) is 10.0. The molecule has 0 aliphatic carbocycles. The van der Waals surface area contributed by atoms with Crippen LogP contribution in [0, 0.1) is 0 Å². The molecule has 2 aromatic rings. The van der Waals surface area contributed by atoms with Crippen LogP contribution in [0.3, 0.4) is 0 Å². The Labute approximate surface area is 80.0 Å². The quantitative estimate of drug-likeness (QED) is 0.722. The van der Waals surface area contributed by atoms with Gasteiger partial charge in [-0.1, -0.05) is 0 Å². The van der Waals surface area contributed by atoms with Gasteiger partial charge in [0.2, 0.25) is 0 Å². The van der Waals surface area contributed by atoms with E-state index in [0.717, 1.165) is 5.56 Å². The molecule has 0 bridgehead atoms. The summed E-state index contributed by atoms with van der Waals surface area (Å²) in [6.07, 6.45) is 4.96. The van der Waals surface area contributed by atoms with E-state index in [2.05, 4.69) is 15.0 Å². The molecule has 5 nitrogen and oxygen atoms in total. The lowest BCUT2D eigenvalue weighted by atomic mass is 10.2. The van der Waals surface area contributed by atoms with Gasteiger partial charge in [-0.05, 0) is 12.1 Å². The Balaban J connectivity index is 2.39. The van der Waals surface area contributed by atoms with Crippen LogP contribution in [0.4, 0.5) is 0 Å². The number of pyridine rings is 1. The van der Waals surface area contributed by atoms with Gasteiger partial charge in [0.25, 0.3) is 5.91 Å². The van der Waals surface area contributed by atoms with Gasteiger partial charge < -0.3 is 10.7 Å². The largest absolute Gasteiger partial charge is 0.363 e. The molecule has 5 heteroatoms. The maximum absolute atomic E-state index is 10.8. The van der Waals surface area contributed by atoms with Crippen molar-refractivity contribution >= 4 is 5.91 Å². The first-order valence-electron chi connectivity index (χ1n) is 4.03. The highest BCUT2D eigenvalue weighted by molar-refractivity contribution is 5.89. The van der Waals surface area contributed by atoms with Gasteiger partial charge in [-0.2, -0.15) is 0 Å². The Bertz CT molecular complexity index is 449. The number of hydrogen-bond donors (Lipinski definition) is 2. The van der Waals surface area contributed by atoms with E-state index < -0.39 is 5.91 Å². The lowest BCUT2D eigenvalue weighted by Crippen LogP contribution is -2.12. The van der Waals surface area contributed by atoms with Crippen molar-refractivity contribution in [3.63, 3.8) is 0 Å². The molecule has 0 aliphatic heterocycles. The van der Waals surface area contributed by atoms with Gasteiger partial charge in [0.05, 0.1) is 5.69 Å². The highest BCUT2D eigenvalue weighted by atomic mass is 16.1. The molecule has 0 saturated carbocycles. The third-order valence-electron chi connectivity index (χ3n) is 1.77. The predicted octanol–water partition coefficient (Wildman–Crippen LogP) is 0.571. The number of nitrogens with one attached hydrogen (secondary N) is 1. The van der Waals surface area contributed by atoms with Gasteiger partial charge in [-0.25, -0.2) is 4.98 Å². The topological polar surface area (TPSA) is 84.7 Å². The summed E-state index contributed by atoms with van der Waals surface area (Å²) in [5.74, 6) is -0.413. The third kappa shape index (κ3) is 1.47. The maximum atomic E-state index is 10.8. The van der Waals surface area contributed by atoms with E-state index in [0.29, 0.717) is 5.69 Å². The highest BCUT2D eigenvalue weighted by Gasteiger charge is 2.07. The van der Waals surface area contributed by atoms with Gasteiger partial charge in [0, 0.05) is 24.2 Å². The van der Waals surface area contributed by atoms with E-state index in [1.165, 1.54) is 0 Å². The standard InChI is InChI=1S/C9H8N4O/c10-8(14)9-12-5-7(13-9)6-2-1-3-11-4-6/h1-5H,(H2,10,14)(H,12,13). The van der Waals surface area contributed by atoms with Crippen molar-refractivity contribution in [2.75, 3.05) is 0 Å². The predicted molar refractivity (Wildman–Crippen MR) is 50.3 cm³/mol.